The lowest BCUT2D eigenvalue weighted by Gasteiger charge is -2.14. The van der Waals surface area contributed by atoms with Crippen LogP contribution in [0, 0.1) is 6.92 Å². The number of imidazole rings is 2. The first-order valence-electron chi connectivity index (χ1n) is 20.1. The summed E-state index contributed by atoms with van der Waals surface area (Å²) in [7, 11) is 0. The van der Waals surface area contributed by atoms with E-state index >= 15 is 0 Å². The van der Waals surface area contributed by atoms with Gasteiger partial charge in [-0.2, -0.15) is 0 Å². The smallest absolute Gasteiger partial charge is 0.161 e. The lowest BCUT2D eigenvalue weighted by atomic mass is 9.94. The van der Waals surface area contributed by atoms with Crippen LogP contribution in [0.1, 0.15) is 23.9 Å². The number of fused-ring (bicyclic) bond motifs is 4. The summed E-state index contributed by atoms with van der Waals surface area (Å²) in [5.74, 6) is 1.81. The summed E-state index contributed by atoms with van der Waals surface area (Å²) in [6.07, 6.45) is 2.03. The minimum atomic E-state index is 0.499. The molecule has 0 saturated heterocycles. The first-order valence-corrected chi connectivity index (χ1v) is 20.1. The van der Waals surface area contributed by atoms with E-state index in [0.29, 0.717) is 11.7 Å². The Labute approximate surface area is 348 Å². The van der Waals surface area contributed by atoms with Gasteiger partial charge in [-0.3, -0.25) is 8.97 Å². The second-order valence-electron chi connectivity index (χ2n) is 15.0. The lowest BCUT2D eigenvalue weighted by Crippen LogP contribution is -2.07. The van der Waals surface area contributed by atoms with Crippen LogP contribution in [0.15, 0.2) is 211 Å². The molecule has 0 aliphatic heterocycles. The molecule has 286 valence electrons. The van der Waals surface area contributed by atoms with Crippen LogP contribution in [0.3, 0.4) is 0 Å². The maximum Gasteiger partial charge on any atom is 0.161 e. The van der Waals surface area contributed by atoms with Gasteiger partial charge in [0, 0.05) is 17.5 Å². The molecule has 0 radical (unpaired) electrons. The number of pyridine rings is 1. The molecule has 0 fully saturated rings. The molecule has 0 aliphatic rings. The highest BCUT2D eigenvalue weighted by atomic mass is 15.2. The molecule has 10 rings (SSSR count). The fourth-order valence-electron chi connectivity index (χ4n) is 8.01. The van der Waals surface area contributed by atoms with Crippen molar-refractivity contribution in [3.63, 3.8) is 0 Å². The first kappa shape index (κ1) is 36.4. The average molecular weight is 773 g/mol. The fraction of sp³-hybridized carbons (Fsp3) is 0.0370. The molecule has 3 heterocycles. The largest absolute Gasteiger partial charge is 0.300 e. The van der Waals surface area contributed by atoms with Crippen LogP contribution in [-0.4, -0.2) is 30.5 Å². The van der Waals surface area contributed by atoms with E-state index in [1.165, 1.54) is 0 Å². The summed E-state index contributed by atoms with van der Waals surface area (Å²) >= 11 is 0. The van der Waals surface area contributed by atoms with Gasteiger partial charge in [-0.25, -0.2) is 20.0 Å². The molecule has 0 unspecified atom stereocenters. The molecule has 0 saturated carbocycles. The van der Waals surface area contributed by atoms with E-state index < -0.39 is 0 Å². The average Bonchev–Trinajstić information content (AvgIpc) is 3.84. The quantitative estimate of drug-likeness (QED) is 0.114. The van der Waals surface area contributed by atoms with E-state index in [2.05, 4.69) is 163 Å². The van der Waals surface area contributed by atoms with Gasteiger partial charge in [-0.1, -0.05) is 134 Å². The van der Waals surface area contributed by atoms with E-state index in [-0.39, 0.29) is 0 Å². The molecule has 6 heteroatoms. The zero-order chi connectivity index (χ0) is 40.6. The summed E-state index contributed by atoms with van der Waals surface area (Å²) in [6, 6.07) is 65.4. The summed E-state index contributed by atoms with van der Waals surface area (Å²) < 4.78 is 4.10. The van der Waals surface area contributed by atoms with Gasteiger partial charge in [0.05, 0.1) is 22.1 Å². The molecule has 60 heavy (non-hydrogen) atoms. The molecule has 10 aromatic rings. The number of aliphatic imine (C=N–C) groups is 2. The van der Waals surface area contributed by atoms with Gasteiger partial charge in [-0.05, 0) is 125 Å². The van der Waals surface area contributed by atoms with Crippen molar-refractivity contribution >= 4 is 45.1 Å². The van der Waals surface area contributed by atoms with Crippen LogP contribution in [0.5, 0.6) is 0 Å². The molecule has 0 atom stereocenters. The normalized spacial score (nSPS) is 12.1. The third-order valence-electron chi connectivity index (χ3n) is 11.0. The van der Waals surface area contributed by atoms with Crippen molar-refractivity contribution in [2.75, 3.05) is 0 Å². The third-order valence-corrected chi connectivity index (χ3v) is 11.0. The minimum Gasteiger partial charge on any atom is -0.300 e. The van der Waals surface area contributed by atoms with Crippen molar-refractivity contribution < 1.29 is 0 Å². The first-order chi connectivity index (χ1) is 29.4. The van der Waals surface area contributed by atoms with Gasteiger partial charge >= 0.3 is 0 Å². The molecule has 3 aromatic heterocycles. The van der Waals surface area contributed by atoms with Gasteiger partial charge in [0.15, 0.2) is 5.84 Å². The number of aryl methyl sites for hydroxylation is 1. The highest BCUT2D eigenvalue weighted by Crippen LogP contribution is 2.33. The van der Waals surface area contributed by atoms with E-state index in [1.807, 2.05) is 60.2 Å². The predicted molar refractivity (Wildman–Crippen MR) is 249 cm³/mol. The number of hydrogen-bond donors (Lipinski definition) is 0. The predicted octanol–water partition coefficient (Wildman–Crippen LogP) is 13.2. The fourth-order valence-corrected chi connectivity index (χ4v) is 8.01. The summed E-state index contributed by atoms with van der Waals surface area (Å²) in [5.41, 5.74) is 16.0. The molecule has 0 aliphatic carbocycles. The Kier molecular flexibility index (Phi) is 9.35. The monoisotopic (exact) mass is 772 g/mol. The summed E-state index contributed by atoms with van der Waals surface area (Å²) in [4.78, 5) is 20.7. The Morgan fingerprint density at radius 3 is 1.43 bits per heavy atom. The van der Waals surface area contributed by atoms with Crippen molar-refractivity contribution in [2.24, 2.45) is 9.98 Å². The number of rotatable bonds is 8. The highest BCUT2D eigenvalue weighted by molar-refractivity contribution is 6.14. The maximum atomic E-state index is 5.45. The number of benzene rings is 7. The summed E-state index contributed by atoms with van der Waals surface area (Å²) in [5, 5.41) is 0. The molecule has 0 spiro atoms. The molecule has 0 N–H and O–H groups in total. The molecule has 7 aromatic carbocycles. The third kappa shape index (κ3) is 7.01. The van der Waals surface area contributed by atoms with Crippen molar-refractivity contribution in [1.29, 1.82) is 0 Å². The standard InChI is InChI=1S/C54H40N6/c1-36(43-28-44(39-18-8-4-9-19-39)30-45(29-43)40-20-10-5-11-21-40)55-54(48-32-46(41-22-12-6-13-23-41)31-47(33-48)42-24-14-7-15-25-42)57-38(3)60-37(2)56-50-34-51-49(35-52(50)60)58-53-26-16-17-27-59(51)53/h4-35H,3H2,1-2H3/b55-36+,57-54-. The van der Waals surface area contributed by atoms with Crippen LogP contribution in [0.25, 0.3) is 78.0 Å². The Morgan fingerprint density at radius 1 is 0.467 bits per heavy atom. The maximum absolute atomic E-state index is 5.45. The number of nitrogens with zero attached hydrogens (tertiary/aromatic N) is 6. The van der Waals surface area contributed by atoms with E-state index in [0.717, 1.165) is 94.9 Å². The zero-order valence-corrected chi connectivity index (χ0v) is 33.4. The van der Waals surface area contributed by atoms with Crippen molar-refractivity contribution in [2.45, 2.75) is 13.8 Å². The second-order valence-corrected chi connectivity index (χ2v) is 15.0. The Bertz CT molecular complexity index is 3150. The van der Waals surface area contributed by atoms with E-state index in [1.54, 1.807) is 0 Å². The SMILES string of the molecule is C=C(/N=C(\N=C(/C)c1cc(-c2ccccc2)cc(-c2ccccc2)c1)c1cc(-c2ccccc2)cc(-c2ccccc2)c1)n1c(C)nc2cc3c(cc21)nc1ccccn13. The van der Waals surface area contributed by atoms with Crippen molar-refractivity contribution in [3.8, 4) is 44.5 Å². The second kappa shape index (κ2) is 15.4. The topological polar surface area (TPSA) is 59.8 Å². The van der Waals surface area contributed by atoms with Crippen LogP contribution in [-0.2, 0) is 0 Å². The van der Waals surface area contributed by atoms with Gasteiger partial charge in [0.25, 0.3) is 0 Å². The van der Waals surface area contributed by atoms with E-state index in [9.17, 15) is 0 Å². The van der Waals surface area contributed by atoms with Crippen LogP contribution >= 0.6 is 0 Å². The Morgan fingerprint density at radius 2 is 0.917 bits per heavy atom. The number of aromatic nitrogens is 4. The lowest BCUT2D eigenvalue weighted by molar-refractivity contribution is 1.01. The van der Waals surface area contributed by atoms with Crippen molar-refractivity contribution in [3.05, 3.63) is 218 Å². The van der Waals surface area contributed by atoms with Crippen LogP contribution in [0.2, 0.25) is 0 Å². The molecular formula is C54H40N6. The summed E-state index contributed by atoms with van der Waals surface area (Å²) in [6.45, 7) is 8.64. The van der Waals surface area contributed by atoms with Crippen LogP contribution in [0.4, 0.5) is 0 Å². The van der Waals surface area contributed by atoms with Gasteiger partial charge in [0.2, 0.25) is 0 Å². The zero-order valence-electron chi connectivity index (χ0n) is 33.4. The van der Waals surface area contributed by atoms with E-state index in [4.69, 9.17) is 20.0 Å². The van der Waals surface area contributed by atoms with Crippen LogP contribution < -0.4 is 0 Å². The van der Waals surface area contributed by atoms with Gasteiger partial charge in [-0.15, -0.1) is 0 Å². The highest BCUT2D eigenvalue weighted by Gasteiger charge is 2.17. The molecule has 0 amide bonds. The molecule has 6 nitrogen and oxygen atoms in total. The van der Waals surface area contributed by atoms with Gasteiger partial charge in [0.1, 0.15) is 17.3 Å². The number of amidine groups is 1. The number of hydrogen-bond acceptors (Lipinski definition) is 3. The molecule has 0 bridgehead atoms. The van der Waals surface area contributed by atoms with Crippen molar-refractivity contribution in [1.82, 2.24) is 18.9 Å². The molecular weight excluding hydrogens is 733 g/mol. The van der Waals surface area contributed by atoms with Gasteiger partial charge < -0.3 is 0 Å². The Balaban J connectivity index is 1.18. The Hall–Kier alpha value is -7.96. The minimum absolute atomic E-state index is 0.499.